The second-order valence-electron chi connectivity index (χ2n) is 6.41. The van der Waals surface area contributed by atoms with Crippen molar-refractivity contribution in [1.29, 1.82) is 0 Å². The number of allylic oxidation sites excluding steroid dienone is 1. The van der Waals surface area contributed by atoms with Gasteiger partial charge in [0.25, 0.3) is 9.05 Å². The fourth-order valence-corrected chi connectivity index (χ4v) is 3.14. The van der Waals surface area contributed by atoms with E-state index in [1.165, 1.54) is 0 Å². The number of ether oxygens (including phenoxy) is 1. The van der Waals surface area contributed by atoms with Crippen LogP contribution in [0.5, 0.6) is 5.75 Å². The van der Waals surface area contributed by atoms with E-state index in [0.29, 0.717) is 0 Å². The molecule has 1 aromatic rings. The summed E-state index contributed by atoms with van der Waals surface area (Å²) in [4.78, 5) is -2.92. The second kappa shape index (κ2) is 9.40. The van der Waals surface area contributed by atoms with Crippen LogP contribution >= 0.6 is 10.7 Å². The van der Waals surface area contributed by atoms with Crippen molar-refractivity contribution in [2.75, 3.05) is 0 Å². The van der Waals surface area contributed by atoms with Crippen LogP contribution in [-0.2, 0) is 9.05 Å². The smallest absolute Gasteiger partial charge is 0.425 e. The molecule has 0 aromatic heterocycles. The van der Waals surface area contributed by atoms with Crippen molar-refractivity contribution in [2.45, 2.75) is 40.7 Å². The van der Waals surface area contributed by atoms with Gasteiger partial charge in [0.15, 0.2) is 22.3 Å². The maximum atomic E-state index is 13.7. The first-order valence-electron chi connectivity index (χ1n) is 7.94. The third kappa shape index (κ3) is 4.78. The summed E-state index contributed by atoms with van der Waals surface area (Å²) in [7, 11) is -1.63. The Hall–Kier alpha value is -2.33. The first kappa shape index (κ1) is 33.7. The summed E-state index contributed by atoms with van der Waals surface area (Å²) >= 11 is 0. The maximum absolute atomic E-state index is 13.7. The number of rotatable bonds is 8. The molecule has 0 saturated heterocycles. The predicted molar refractivity (Wildman–Crippen MR) is 80.0 cm³/mol. The fraction of sp³-hybridized carbons (Fsp3) is 0.429. The summed E-state index contributed by atoms with van der Waals surface area (Å²) in [6.45, 7) is 0. The number of alkyl halides is 13. The number of halogens is 20. The van der Waals surface area contributed by atoms with Crippen LogP contribution in [0.2, 0.25) is 0 Å². The van der Waals surface area contributed by atoms with Gasteiger partial charge in [0.05, 0.1) is 0 Å². The lowest BCUT2D eigenvalue weighted by atomic mass is 9.93. The van der Waals surface area contributed by atoms with Gasteiger partial charge in [0, 0.05) is 10.7 Å². The molecule has 1 aromatic carbocycles. The molecule has 0 aliphatic heterocycles. The molecule has 0 unspecified atom stereocenters. The van der Waals surface area contributed by atoms with Crippen LogP contribution in [0.4, 0.5) is 83.4 Å². The molecule has 0 aliphatic rings. The molecule has 0 N–H and O–H groups in total. The molecule has 220 valence electrons. The summed E-state index contributed by atoms with van der Waals surface area (Å²) in [5.41, 5.74) is 0. The van der Waals surface area contributed by atoms with Gasteiger partial charge in [0.1, 0.15) is 0 Å². The van der Waals surface area contributed by atoms with E-state index in [-0.39, 0.29) is 0 Å². The largest absolute Gasteiger partial charge is 0.460 e. The Morgan fingerprint density at radius 2 is 0.974 bits per heavy atom. The highest BCUT2D eigenvalue weighted by Crippen LogP contribution is 2.61. The molecule has 0 bridgehead atoms. The lowest BCUT2D eigenvalue weighted by Crippen LogP contribution is -2.70. The Labute approximate surface area is 198 Å². The van der Waals surface area contributed by atoms with Crippen molar-refractivity contribution in [2.24, 2.45) is 0 Å². The van der Waals surface area contributed by atoms with Crippen LogP contribution in [0.25, 0.3) is 0 Å². The standard InChI is InChI=1S/C14ClF19O3S/c15-38(35,36)6-4(19)2(17)1(16)3(18)5(6)37-8(21)7(20)9(22,23)10(24,25)11(26,27)12(28,29)13(30,31)14(32,33)34. The molecule has 38 heavy (non-hydrogen) atoms. The highest BCUT2D eigenvalue weighted by molar-refractivity contribution is 8.13. The van der Waals surface area contributed by atoms with Crippen LogP contribution in [-0.4, -0.2) is 44.2 Å². The first-order chi connectivity index (χ1) is 16.4. The normalized spacial score (nSPS) is 15.5. The minimum absolute atomic E-state index is 2.86. The van der Waals surface area contributed by atoms with Gasteiger partial charge in [-0.15, -0.1) is 0 Å². The van der Waals surface area contributed by atoms with Gasteiger partial charge >= 0.3 is 41.8 Å². The number of benzene rings is 1. The highest BCUT2D eigenvalue weighted by atomic mass is 35.7. The summed E-state index contributed by atoms with van der Waals surface area (Å²) in [5, 5.41) is 0. The molecule has 0 saturated carbocycles. The zero-order valence-electron chi connectivity index (χ0n) is 16.2. The van der Waals surface area contributed by atoms with Crippen LogP contribution in [0.1, 0.15) is 0 Å². The predicted octanol–water partition coefficient (Wildman–Crippen LogP) is 7.40. The van der Waals surface area contributed by atoms with Gasteiger partial charge in [-0.25, -0.2) is 21.6 Å². The monoisotopic (exact) mass is 644 g/mol. The molecular formula is C14ClF19O3S. The summed E-state index contributed by atoms with van der Waals surface area (Å²) < 4.78 is 275. The van der Waals surface area contributed by atoms with Gasteiger partial charge in [-0.2, -0.15) is 70.2 Å². The van der Waals surface area contributed by atoms with E-state index in [4.69, 9.17) is 0 Å². The van der Waals surface area contributed by atoms with E-state index in [9.17, 15) is 91.8 Å². The van der Waals surface area contributed by atoms with Crippen LogP contribution < -0.4 is 4.74 Å². The fourth-order valence-electron chi connectivity index (χ4n) is 2.07. The molecule has 0 atom stereocenters. The molecule has 0 fully saturated rings. The molecule has 0 amide bonds. The molecule has 1 rings (SSSR count). The van der Waals surface area contributed by atoms with E-state index in [2.05, 4.69) is 15.4 Å². The van der Waals surface area contributed by atoms with Crippen molar-refractivity contribution in [1.82, 2.24) is 0 Å². The van der Waals surface area contributed by atoms with Crippen molar-refractivity contribution < 1.29 is 96.6 Å². The Morgan fingerprint density at radius 1 is 0.605 bits per heavy atom. The minimum atomic E-state index is -8.63. The molecule has 0 heterocycles. The lowest BCUT2D eigenvalue weighted by Gasteiger charge is -2.39. The van der Waals surface area contributed by atoms with Crippen molar-refractivity contribution in [3.05, 3.63) is 35.1 Å². The van der Waals surface area contributed by atoms with E-state index in [0.717, 1.165) is 0 Å². The Kier molecular flexibility index (Phi) is 8.33. The van der Waals surface area contributed by atoms with Crippen LogP contribution in [0.15, 0.2) is 16.7 Å². The summed E-state index contributed by atoms with van der Waals surface area (Å²) in [5.74, 6) is -62.9. The average molecular weight is 645 g/mol. The molecular weight excluding hydrogens is 645 g/mol. The van der Waals surface area contributed by atoms with E-state index in [1.807, 2.05) is 0 Å². The van der Waals surface area contributed by atoms with E-state index in [1.54, 1.807) is 0 Å². The maximum Gasteiger partial charge on any atom is 0.460 e. The van der Waals surface area contributed by atoms with Gasteiger partial charge < -0.3 is 4.74 Å². The topological polar surface area (TPSA) is 43.4 Å². The molecule has 0 aliphatic carbocycles. The van der Waals surface area contributed by atoms with Crippen molar-refractivity contribution in [3.8, 4) is 5.75 Å². The summed E-state index contributed by atoms with van der Waals surface area (Å²) in [6.07, 6.45) is -7.84. The van der Waals surface area contributed by atoms with Crippen molar-refractivity contribution >= 4 is 19.7 Å². The number of hydrogen-bond acceptors (Lipinski definition) is 3. The van der Waals surface area contributed by atoms with Gasteiger partial charge in [-0.05, 0) is 0 Å². The SMILES string of the molecule is O=S(=O)(Cl)c1c(F)c(F)c(F)c(F)c1OC(F)=C(F)C(F)(F)C(F)(F)C(F)(F)C(F)(F)C(F)(F)C(F)(F)F. The van der Waals surface area contributed by atoms with Crippen molar-refractivity contribution in [3.63, 3.8) is 0 Å². The molecule has 0 radical (unpaired) electrons. The van der Waals surface area contributed by atoms with E-state index >= 15 is 0 Å². The van der Waals surface area contributed by atoms with Gasteiger partial charge in [-0.1, -0.05) is 0 Å². The Balaban J connectivity index is 3.85. The highest BCUT2D eigenvalue weighted by Gasteiger charge is 2.91. The summed E-state index contributed by atoms with van der Waals surface area (Å²) in [6, 6.07) is -4.37. The minimum Gasteiger partial charge on any atom is -0.425 e. The third-order valence-corrected chi connectivity index (χ3v) is 5.32. The Bertz CT molecular complexity index is 1250. The van der Waals surface area contributed by atoms with Gasteiger partial charge in [0.2, 0.25) is 17.5 Å². The lowest BCUT2D eigenvalue weighted by molar-refractivity contribution is -0.437. The van der Waals surface area contributed by atoms with Gasteiger partial charge in [-0.3, -0.25) is 0 Å². The molecule has 3 nitrogen and oxygen atoms in total. The van der Waals surface area contributed by atoms with Crippen LogP contribution in [0, 0.1) is 23.3 Å². The number of hydrogen-bond donors (Lipinski definition) is 0. The van der Waals surface area contributed by atoms with E-state index < -0.39 is 90.6 Å². The average Bonchev–Trinajstić information content (AvgIpc) is 2.72. The first-order valence-corrected chi connectivity index (χ1v) is 10.3. The quantitative estimate of drug-likeness (QED) is 0.0975. The Morgan fingerprint density at radius 3 is 1.34 bits per heavy atom. The molecule has 0 spiro atoms. The second-order valence-corrected chi connectivity index (χ2v) is 8.91. The van der Waals surface area contributed by atoms with Crippen LogP contribution in [0.3, 0.4) is 0 Å². The molecule has 24 heteroatoms. The third-order valence-electron chi connectivity index (χ3n) is 4.00. The zero-order chi connectivity index (χ0) is 30.8. The zero-order valence-corrected chi connectivity index (χ0v) is 17.8.